The highest BCUT2D eigenvalue weighted by atomic mass is 16.5. The Labute approximate surface area is 449 Å². The van der Waals surface area contributed by atoms with Crippen LogP contribution in [0.15, 0.2) is 164 Å². The molecule has 20 heteroatoms. The van der Waals surface area contributed by atoms with Crippen molar-refractivity contribution < 1.29 is 4.74 Å². The minimum Gasteiger partial charge on any atom is -0.495 e. The van der Waals surface area contributed by atoms with Crippen LogP contribution in [0, 0.1) is 18.3 Å². The van der Waals surface area contributed by atoms with E-state index in [4.69, 9.17) is 27.2 Å². The first-order valence-corrected chi connectivity index (χ1v) is 24.5. The number of hydrogen-bond acceptors (Lipinski definition) is 20. The number of nitriles is 1. The number of hydrogen-bond donors (Lipinski definition) is 6. The molecular weight excluding hydrogens is 967 g/mol. The lowest BCUT2D eigenvalue weighted by Gasteiger charge is -2.16. The number of anilines is 9. The molecule has 0 aliphatic carbocycles. The number of methoxy groups -OCH3 is 1. The van der Waals surface area contributed by atoms with Crippen LogP contribution < -0.4 is 37.9 Å². The predicted molar refractivity (Wildman–Crippen MR) is 303 cm³/mol. The molecule has 0 bridgehead atoms. The molecule has 0 unspecified atom stereocenters. The van der Waals surface area contributed by atoms with Crippen molar-refractivity contribution in [1.29, 1.82) is 5.26 Å². The third kappa shape index (κ3) is 18.6. The van der Waals surface area contributed by atoms with E-state index < -0.39 is 0 Å². The van der Waals surface area contributed by atoms with Crippen LogP contribution in [0.2, 0.25) is 0 Å². The summed E-state index contributed by atoms with van der Waals surface area (Å²) in [7, 11) is 7.66. The number of nitrogens with two attached hydrogens (primary N) is 3. The molecule has 392 valence electrons. The molecule has 0 amide bonds. The van der Waals surface area contributed by atoms with Crippen molar-refractivity contribution in [3.63, 3.8) is 0 Å². The molecule has 0 saturated carbocycles. The van der Waals surface area contributed by atoms with Gasteiger partial charge >= 0.3 is 0 Å². The van der Waals surface area contributed by atoms with Gasteiger partial charge in [-0.05, 0) is 87.2 Å². The third-order valence-corrected chi connectivity index (χ3v) is 11.1. The Morgan fingerprint density at radius 3 is 1.27 bits per heavy atom. The van der Waals surface area contributed by atoms with Crippen molar-refractivity contribution in [3.05, 3.63) is 209 Å². The summed E-state index contributed by atoms with van der Waals surface area (Å²) in [4.78, 5) is 44.9. The smallest absolute Gasteiger partial charge is 0.232 e. The standard InChI is InChI=1S/C19H19N7.C19H22N6O.C19H22N6/c1-26(12-14-6-3-2-4-7-14)13-17-23-18(21)25-19(24-17)22-16-9-5-8-15(10-16)11-20;1-25(12-14-8-4-3-5-9-14)13-17-22-18(20)24-19(23-17)21-15-10-6-7-11-16(15)26-2;1-14-8-10-16(11-9-14)21-19-23-17(22-18(20)24-19)13-25(2)12-15-6-4-3-5-7-15/h2-10H,12-13H2,1H3,(H3,21,22,23,24,25);3-11H,12-13H2,1-2H3,(H3,20,21,22,23,24);3-11H,12-13H2,1-2H3,(H3,20,21,22,23,24). The van der Waals surface area contributed by atoms with Crippen molar-refractivity contribution in [2.75, 3.05) is 61.4 Å². The molecule has 77 heavy (non-hydrogen) atoms. The van der Waals surface area contributed by atoms with Crippen LogP contribution in [0.25, 0.3) is 0 Å². The first-order valence-electron chi connectivity index (χ1n) is 24.5. The molecule has 9 N–H and O–H groups in total. The minimum atomic E-state index is 0.155. The quantitative estimate of drug-likeness (QED) is 0.0442. The van der Waals surface area contributed by atoms with E-state index in [1.54, 1.807) is 25.3 Å². The van der Waals surface area contributed by atoms with Crippen LogP contribution in [0.5, 0.6) is 5.75 Å². The Hall–Kier alpha value is -9.68. The Kier molecular flexibility index (Phi) is 20.1. The average Bonchev–Trinajstić information content (AvgIpc) is 3.40. The van der Waals surface area contributed by atoms with E-state index in [1.165, 1.54) is 22.3 Å². The number of nitrogens with zero attached hydrogens (tertiary/aromatic N) is 13. The van der Waals surface area contributed by atoms with Crippen LogP contribution >= 0.6 is 0 Å². The number of para-hydroxylation sites is 2. The fourth-order valence-electron chi connectivity index (χ4n) is 7.70. The normalized spacial score (nSPS) is 10.7. The molecule has 6 aromatic carbocycles. The number of aryl methyl sites for hydroxylation is 1. The van der Waals surface area contributed by atoms with Crippen LogP contribution in [0.3, 0.4) is 0 Å². The number of ether oxygens (including phenoxy) is 1. The molecule has 9 aromatic rings. The SMILES string of the molecule is CN(Cc1ccccc1)Cc1nc(N)nc(Nc2cccc(C#N)c2)n1.COc1ccccc1Nc1nc(N)nc(CN(C)Cc2ccccc2)n1.Cc1ccc(Nc2nc(N)nc(CN(C)Cc3ccccc3)n2)cc1. The third-order valence-electron chi connectivity index (χ3n) is 11.1. The summed E-state index contributed by atoms with van der Waals surface area (Å²) in [5.41, 5.74) is 25.4. The molecule has 20 nitrogen and oxygen atoms in total. The van der Waals surface area contributed by atoms with E-state index in [1.807, 2.05) is 137 Å². The van der Waals surface area contributed by atoms with Crippen LogP contribution in [-0.4, -0.2) is 87.8 Å². The van der Waals surface area contributed by atoms with Crippen LogP contribution in [0.1, 0.15) is 45.3 Å². The second kappa shape index (κ2) is 28.1. The van der Waals surface area contributed by atoms with Crippen molar-refractivity contribution in [2.45, 2.75) is 46.2 Å². The van der Waals surface area contributed by atoms with E-state index in [-0.39, 0.29) is 17.8 Å². The summed E-state index contributed by atoms with van der Waals surface area (Å²) in [5.74, 6) is 4.29. The molecule has 0 atom stereocenters. The fraction of sp³-hybridized carbons (Fsp3) is 0.193. The maximum Gasteiger partial charge on any atom is 0.232 e. The van der Waals surface area contributed by atoms with Crippen LogP contribution in [-0.2, 0) is 39.3 Å². The molecule has 0 radical (unpaired) electrons. The summed E-state index contributed by atoms with van der Waals surface area (Å²) in [6, 6.07) is 55.5. The highest BCUT2D eigenvalue weighted by Gasteiger charge is 2.13. The van der Waals surface area contributed by atoms with E-state index >= 15 is 0 Å². The number of nitrogens with one attached hydrogen (secondary N) is 3. The van der Waals surface area contributed by atoms with Gasteiger partial charge in [0.05, 0.1) is 44.1 Å². The predicted octanol–water partition coefficient (Wildman–Crippen LogP) is 8.68. The zero-order chi connectivity index (χ0) is 54.4. The first kappa shape index (κ1) is 55.1. The number of benzene rings is 6. The van der Waals surface area contributed by atoms with Gasteiger partial charge in [0.1, 0.15) is 23.2 Å². The van der Waals surface area contributed by atoms with Crippen molar-refractivity contribution in [2.24, 2.45) is 0 Å². The van der Waals surface area contributed by atoms with Gasteiger partial charge in [-0.3, -0.25) is 14.7 Å². The fourth-order valence-corrected chi connectivity index (χ4v) is 7.70. The zero-order valence-corrected chi connectivity index (χ0v) is 43.8. The van der Waals surface area contributed by atoms with Gasteiger partial charge < -0.3 is 37.9 Å². The lowest BCUT2D eigenvalue weighted by atomic mass is 10.2. The van der Waals surface area contributed by atoms with Gasteiger partial charge in [-0.15, -0.1) is 0 Å². The molecular formula is C57H63N19O. The molecule has 0 aliphatic rings. The largest absolute Gasteiger partial charge is 0.495 e. The van der Waals surface area contributed by atoms with Gasteiger partial charge in [-0.25, -0.2) is 0 Å². The molecule has 3 aromatic heterocycles. The number of nitrogen functional groups attached to an aromatic ring is 3. The monoisotopic (exact) mass is 1030 g/mol. The molecule has 0 saturated heterocycles. The van der Waals surface area contributed by atoms with E-state index in [0.29, 0.717) is 66.3 Å². The lowest BCUT2D eigenvalue weighted by Crippen LogP contribution is -2.20. The van der Waals surface area contributed by atoms with Gasteiger partial charge in [-0.2, -0.15) is 50.1 Å². The molecule has 9 rings (SSSR count). The van der Waals surface area contributed by atoms with E-state index in [2.05, 4.69) is 118 Å². The second-order valence-electron chi connectivity index (χ2n) is 17.9. The Morgan fingerprint density at radius 1 is 0.442 bits per heavy atom. The van der Waals surface area contributed by atoms with E-state index in [0.717, 1.165) is 36.7 Å². The summed E-state index contributed by atoms with van der Waals surface area (Å²) in [6.45, 7) is 6.11. The summed E-state index contributed by atoms with van der Waals surface area (Å²) in [5, 5.41) is 18.4. The Balaban J connectivity index is 0.000000168. The van der Waals surface area contributed by atoms with Gasteiger partial charge in [0.2, 0.25) is 35.7 Å². The van der Waals surface area contributed by atoms with Crippen molar-refractivity contribution >= 4 is 52.8 Å². The molecule has 0 spiro atoms. The zero-order valence-electron chi connectivity index (χ0n) is 43.8. The minimum absolute atomic E-state index is 0.155. The molecule has 0 fully saturated rings. The van der Waals surface area contributed by atoms with Gasteiger partial charge in [0.25, 0.3) is 0 Å². The van der Waals surface area contributed by atoms with Gasteiger partial charge in [0, 0.05) is 31.0 Å². The highest BCUT2D eigenvalue weighted by Crippen LogP contribution is 2.26. The highest BCUT2D eigenvalue weighted by molar-refractivity contribution is 5.63. The Morgan fingerprint density at radius 2 is 0.844 bits per heavy atom. The van der Waals surface area contributed by atoms with Crippen molar-refractivity contribution in [1.82, 2.24) is 59.6 Å². The first-order chi connectivity index (χ1) is 37.3. The average molecular weight is 1030 g/mol. The van der Waals surface area contributed by atoms with Crippen LogP contribution in [0.4, 0.5) is 52.8 Å². The summed E-state index contributed by atoms with van der Waals surface area (Å²) >= 11 is 0. The summed E-state index contributed by atoms with van der Waals surface area (Å²) < 4.78 is 5.34. The summed E-state index contributed by atoms with van der Waals surface area (Å²) in [6.07, 6.45) is 0. The topological polar surface area (TPSA) is 273 Å². The Bertz CT molecular complexity index is 3290. The molecule has 0 aliphatic heterocycles. The van der Waals surface area contributed by atoms with Crippen molar-refractivity contribution in [3.8, 4) is 11.8 Å². The maximum atomic E-state index is 8.99. The van der Waals surface area contributed by atoms with Gasteiger partial charge in [0.15, 0.2) is 0 Å². The maximum absolute atomic E-state index is 8.99. The second-order valence-corrected chi connectivity index (χ2v) is 17.9. The van der Waals surface area contributed by atoms with E-state index in [9.17, 15) is 0 Å². The number of rotatable bonds is 19. The lowest BCUT2D eigenvalue weighted by molar-refractivity contribution is 0.310. The van der Waals surface area contributed by atoms with Gasteiger partial charge in [-0.1, -0.05) is 127 Å². The molecule has 3 heterocycles. The number of aromatic nitrogens is 9.